The van der Waals surface area contributed by atoms with Gasteiger partial charge in [0.1, 0.15) is 18.8 Å². The van der Waals surface area contributed by atoms with E-state index in [2.05, 4.69) is 73.9 Å². The van der Waals surface area contributed by atoms with Crippen LogP contribution < -0.4 is 4.57 Å². The number of pyridine rings is 2. The summed E-state index contributed by atoms with van der Waals surface area (Å²) in [5.41, 5.74) is 6.37. The van der Waals surface area contributed by atoms with Crippen LogP contribution in [-0.2, 0) is 13.5 Å². The number of benzene rings is 1. The molecule has 4 heteroatoms. The largest absolute Gasteiger partial charge is 0.437 e. The Kier molecular flexibility index (Phi) is 4.16. The Bertz CT molecular complexity index is 1210. The number of rotatable bonds is 3. The van der Waals surface area contributed by atoms with E-state index in [-0.39, 0.29) is 0 Å². The van der Waals surface area contributed by atoms with Gasteiger partial charge in [-0.2, -0.15) is 5.26 Å². The number of furan rings is 1. The lowest BCUT2D eigenvalue weighted by Crippen LogP contribution is -2.31. The summed E-state index contributed by atoms with van der Waals surface area (Å²) in [7, 11) is 2.06. The molecule has 1 aromatic carbocycles. The number of hydrogen-bond acceptors (Lipinski definition) is 3. The van der Waals surface area contributed by atoms with Gasteiger partial charge in [0.05, 0.1) is 5.56 Å². The molecule has 0 aliphatic heterocycles. The summed E-state index contributed by atoms with van der Waals surface area (Å²) < 4.78 is 8.29. The maximum atomic E-state index is 9.13. The smallest absolute Gasteiger partial charge is 0.228 e. The fraction of sp³-hybridized carbons (Fsp3) is 0.261. The van der Waals surface area contributed by atoms with Crippen molar-refractivity contribution in [1.29, 1.82) is 5.26 Å². The average Bonchev–Trinajstić information content (AvgIpc) is 3.00. The summed E-state index contributed by atoms with van der Waals surface area (Å²) in [5.74, 6) is 0.599. The van der Waals surface area contributed by atoms with E-state index in [0.717, 1.165) is 39.6 Å². The highest BCUT2D eigenvalue weighted by molar-refractivity contribution is 6.08. The maximum Gasteiger partial charge on any atom is 0.228 e. The lowest BCUT2D eigenvalue weighted by molar-refractivity contribution is -0.660. The van der Waals surface area contributed by atoms with Crippen LogP contribution in [0.5, 0.6) is 0 Å². The van der Waals surface area contributed by atoms with Crippen LogP contribution in [0.25, 0.3) is 33.3 Å². The van der Waals surface area contributed by atoms with Gasteiger partial charge in [-0.25, -0.2) is 9.55 Å². The first-order valence-corrected chi connectivity index (χ1v) is 9.20. The van der Waals surface area contributed by atoms with Crippen LogP contribution in [0.1, 0.15) is 30.7 Å². The van der Waals surface area contributed by atoms with Crippen LogP contribution >= 0.6 is 0 Å². The van der Waals surface area contributed by atoms with E-state index in [1.807, 2.05) is 6.07 Å². The molecule has 0 radical (unpaired) electrons. The molecule has 0 aliphatic carbocycles. The maximum absolute atomic E-state index is 9.13. The number of aryl methyl sites for hydroxylation is 2. The summed E-state index contributed by atoms with van der Waals surface area (Å²) in [6.07, 6.45) is 3.15. The molecule has 27 heavy (non-hydrogen) atoms. The van der Waals surface area contributed by atoms with Gasteiger partial charge in [-0.3, -0.25) is 0 Å². The van der Waals surface area contributed by atoms with E-state index in [1.165, 1.54) is 5.56 Å². The average molecular weight is 356 g/mol. The van der Waals surface area contributed by atoms with E-state index in [4.69, 9.17) is 9.68 Å². The second-order valence-corrected chi connectivity index (χ2v) is 7.53. The first kappa shape index (κ1) is 17.2. The molecule has 0 saturated heterocycles. The van der Waals surface area contributed by atoms with Gasteiger partial charge in [-0.05, 0) is 42.5 Å². The van der Waals surface area contributed by atoms with Crippen molar-refractivity contribution in [3.05, 3.63) is 59.4 Å². The molecule has 0 bridgehead atoms. The summed E-state index contributed by atoms with van der Waals surface area (Å²) in [6.45, 7) is 6.57. The van der Waals surface area contributed by atoms with Gasteiger partial charge in [0.25, 0.3) is 0 Å². The molecule has 0 unspecified atom stereocenters. The molecule has 4 aromatic rings. The summed E-state index contributed by atoms with van der Waals surface area (Å²) in [4.78, 5) is 4.34. The molecule has 3 aromatic heterocycles. The van der Waals surface area contributed by atoms with E-state index in [9.17, 15) is 0 Å². The first-order valence-electron chi connectivity index (χ1n) is 9.20. The molecule has 0 fully saturated rings. The van der Waals surface area contributed by atoms with Crippen LogP contribution in [0.4, 0.5) is 0 Å². The Balaban J connectivity index is 2.02. The first-order chi connectivity index (χ1) is 13.0. The third-order valence-corrected chi connectivity index (χ3v) is 4.94. The van der Waals surface area contributed by atoms with Crippen molar-refractivity contribution in [3.63, 3.8) is 0 Å². The minimum atomic E-state index is 0.365. The predicted octanol–water partition coefficient (Wildman–Crippen LogP) is 4.85. The zero-order valence-corrected chi connectivity index (χ0v) is 16.1. The molecule has 4 nitrogen and oxygen atoms in total. The molecule has 0 aliphatic rings. The third kappa shape index (κ3) is 2.96. The highest BCUT2D eigenvalue weighted by Gasteiger charge is 2.21. The van der Waals surface area contributed by atoms with Crippen molar-refractivity contribution in [2.45, 2.75) is 27.2 Å². The van der Waals surface area contributed by atoms with Gasteiger partial charge in [-0.15, -0.1) is 0 Å². The van der Waals surface area contributed by atoms with Gasteiger partial charge in [0.2, 0.25) is 11.4 Å². The molecule has 0 amide bonds. The topological polar surface area (TPSA) is 53.7 Å². The predicted molar refractivity (Wildman–Crippen MR) is 106 cm³/mol. The minimum absolute atomic E-state index is 0.365. The second-order valence-electron chi connectivity index (χ2n) is 7.53. The Morgan fingerprint density at radius 1 is 1.15 bits per heavy atom. The molecule has 0 atom stereocenters. The third-order valence-electron chi connectivity index (χ3n) is 4.94. The summed E-state index contributed by atoms with van der Waals surface area (Å²) in [6, 6.07) is 14.4. The summed E-state index contributed by atoms with van der Waals surface area (Å²) >= 11 is 0. The zero-order valence-electron chi connectivity index (χ0n) is 16.1. The van der Waals surface area contributed by atoms with E-state index < -0.39 is 0 Å². The van der Waals surface area contributed by atoms with Gasteiger partial charge in [-0.1, -0.05) is 26.0 Å². The Morgan fingerprint density at radius 2 is 1.93 bits per heavy atom. The van der Waals surface area contributed by atoms with Crippen LogP contribution in [0.3, 0.4) is 0 Å². The highest BCUT2D eigenvalue weighted by atomic mass is 16.3. The van der Waals surface area contributed by atoms with E-state index in [1.54, 1.807) is 6.07 Å². The van der Waals surface area contributed by atoms with E-state index >= 15 is 0 Å². The standard InChI is InChI=1S/C23H22N3O/c1-14(2)11-16-9-10-26(4)20(12-16)21-15(3)5-7-18-19-8-6-17(13-24)25-23(19)27-22(18)21/h5-10,12,14H,11H2,1-4H3/q+1. The Morgan fingerprint density at radius 3 is 2.67 bits per heavy atom. The van der Waals surface area contributed by atoms with Crippen LogP contribution in [0.15, 0.2) is 47.0 Å². The van der Waals surface area contributed by atoms with Gasteiger partial charge in [0.15, 0.2) is 11.8 Å². The molecule has 4 rings (SSSR count). The number of nitrogens with zero attached hydrogens (tertiary/aromatic N) is 3. The number of nitriles is 1. The van der Waals surface area contributed by atoms with Crippen molar-refractivity contribution < 1.29 is 8.98 Å². The molecule has 0 N–H and O–H groups in total. The Hall–Kier alpha value is -3.19. The monoisotopic (exact) mass is 356 g/mol. The molecule has 134 valence electrons. The normalized spacial score (nSPS) is 11.4. The summed E-state index contributed by atoms with van der Waals surface area (Å²) in [5, 5.41) is 11.1. The molecule has 3 heterocycles. The van der Waals surface area contributed by atoms with Gasteiger partial charge >= 0.3 is 0 Å². The number of fused-ring (bicyclic) bond motifs is 3. The van der Waals surface area contributed by atoms with Crippen molar-refractivity contribution in [1.82, 2.24) is 4.98 Å². The quantitative estimate of drug-likeness (QED) is 0.493. The fourth-order valence-electron chi connectivity index (χ4n) is 3.66. The number of aromatic nitrogens is 2. The van der Waals surface area contributed by atoms with Crippen molar-refractivity contribution >= 4 is 22.1 Å². The minimum Gasteiger partial charge on any atom is -0.437 e. The van der Waals surface area contributed by atoms with Crippen LogP contribution in [0, 0.1) is 24.2 Å². The SMILES string of the molecule is Cc1ccc2c(oc3nc(C#N)ccc32)c1-c1cc(CC(C)C)cc[n+]1C. The molecular weight excluding hydrogens is 334 g/mol. The lowest BCUT2D eigenvalue weighted by atomic mass is 9.97. The second kappa shape index (κ2) is 6.51. The Labute approximate surface area is 158 Å². The van der Waals surface area contributed by atoms with Gasteiger partial charge < -0.3 is 4.42 Å². The highest BCUT2D eigenvalue weighted by Crippen LogP contribution is 2.36. The molecule has 0 saturated carbocycles. The van der Waals surface area contributed by atoms with E-state index in [0.29, 0.717) is 17.3 Å². The van der Waals surface area contributed by atoms with Crippen LogP contribution in [0.2, 0.25) is 0 Å². The van der Waals surface area contributed by atoms with Crippen molar-refractivity contribution in [3.8, 4) is 17.3 Å². The fourth-order valence-corrected chi connectivity index (χ4v) is 3.66. The molecule has 0 spiro atoms. The lowest BCUT2D eigenvalue weighted by Gasteiger charge is -2.09. The van der Waals surface area contributed by atoms with Crippen molar-refractivity contribution in [2.24, 2.45) is 13.0 Å². The zero-order chi connectivity index (χ0) is 19.1. The van der Waals surface area contributed by atoms with Gasteiger partial charge in [0, 0.05) is 22.9 Å². The van der Waals surface area contributed by atoms with Crippen molar-refractivity contribution in [2.75, 3.05) is 0 Å². The van der Waals surface area contributed by atoms with Crippen LogP contribution in [-0.4, -0.2) is 4.98 Å². The molecular formula is C23H22N3O+. The number of hydrogen-bond donors (Lipinski definition) is 0.